The molecule has 0 fully saturated rings. The molecule has 0 aliphatic heterocycles. The van der Waals surface area contributed by atoms with Crippen LogP contribution in [0.4, 0.5) is 4.79 Å². The minimum Gasteiger partial charge on any atom is -0.459 e. The van der Waals surface area contributed by atoms with E-state index < -0.39 is 34.5 Å². The topological polar surface area (TPSA) is 119 Å². The maximum absolute atomic E-state index is 13.1. The Morgan fingerprint density at radius 2 is 1.85 bits per heavy atom. The molecule has 1 heterocycles. The lowest BCUT2D eigenvalue weighted by atomic mass is 10.0. The molecule has 2 atom stereocenters. The van der Waals surface area contributed by atoms with Gasteiger partial charge >= 0.3 is 12.1 Å². The Labute approximate surface area is 242 Å². The van der Waals surface area contributed by atoms with E-state index in [0.29, 0.717) is 18.0 Å². The third-order valence-corrected chi connectivity index (χ3v) is 6.79. The first kappa shape index (κ1) is 31.1. The van der Waals surface area contributed by atoms with Crippen LogP contribution < -0.4 is 15.4 Å². The minimum absolute atomic E-state index is 0.0821. The molecule has 0 saturated carbocycles. The van der Waals surface area contributed by atoms with E-state index in [1.54, 1.807) is 39.3 Å². The standard InChI is InChI=1S/C29H37N3O6S2/c1-29(2,3)38-27(34)32-25(26(33)36-19-20-10-6-5-7-11-20)16-21-18-31-24-13-12-22(17-23(21)24)37-28(39)30-14-8-9-15-40(4)35/h5-7,10-13,17-18,25,31H,8-9,14-16,19H2,1-4H3,(H,30,39)(H,32,34). The van der Waals surface area contributed by atoms with Gasteiger partial charge in [0.15, 0.2) is 0 Å². The van der Waals surface area contributed by atoms with Crippen LogP contribution in [-0.4, -0.2) is 56.6 Å². The summed E-state index contributed by atoms with van der Waals surface area (Å²) < 4.78 is 27.9. The van der Waals surface area contributed by atoms with Crippen molar-refractivity contribution in [3.63, 3.8) is 0 Å². The molecule has 216 valence electrons. The summed E-state index contributed by atoms with van der Waals surface area (Å²) in [6, 6.07) is 13.8. The highest BCUT2D eigenvalue weighted by Crippen LogP contribution is 2.25. The molecular formula is C29H37N3O6S2. The van der Waals surface area contributed by atoms with Gasteiger partial charge < -0.3 is 29.8 Å². The van der Waals surface area contributed by atoms with Gasteiger partial charge in [0.25, 0.3) is 5.17 Å². The second-order valence-corrected chi connectivity index (χ2v) is 12.2. The van der Waals surface area contributed by atoms with Gasteiger partial charge in [-0.1, -0.05) is 30.3 Å². The van der Waals surface area contributed by atoms with Crippen LogP contribution in [0.15, 0.2) is 54.7 Å². The number of fused-ring (bicyclic) bond motifs is 1. The Morgan fingerprint density at radius 3 is 2.55 bits per heavy atom. The molecule has 0 radical (unpaired) electrons. The third-order valence-electron chi connectivity index (χ3n) is 5.70. The van der Waals surface area contributed by atoms with Crippen molar-refractivity contribution < 1.29 is 28.0 Å². The molecule has 0 bridgehead atoms. The van der Waals surface area contributed by atoms with Gasteiger partial charge in [-0.25, -0.2) is 9.59 Å². The smallest absolute Gasteiger partial charge is 0.408 e. The predicted octanol–water partition coefficient (Wildman–Crippen LogP) is 4.76. The van der Waals surface area contributed by atoms with Gasteiger partial charge in [0.1, 0.15) is 24.0 Å². The number of thiocarbonyl (C=S) groups is 1. The Morgan fingerprint density at radius 1 is 1.10 bits per heavy atom. The number of alkyl carbamates (subject to hydrolysis) is 1. The Balaban J connectivity index is 1.70. The first-order valence-corrected chi connectivity index (χ1v) is 15.2. The average molecular weight is 588 g/mol. The lowest BCUT2D eigenvalue weighted by Crippen LogP contribution is -2.45. The molecule has 0 saturated heterocycles. The fourth-order valence-corrected chi connectivity index (χ4v) is 4.66. The molecule has 3 aromatic rings. The molecule has 3 N–H and O–H groups in total. The number of ether oxygens (including phenoxy) is 3. The number of benzene rings is 2. The van der Waals surface area contributed by atoms with Gasteiger partial charge in [-0.15, -0.1) is 0 Å². The van der Waals surface area contributed by atoms with E-state index in [-0.39, 0.29) is 18.2 Å². The Kier molecular flexibility index (Phi) is 11.5. The Bertz CT molecular complexity index is 1320. The van der Waals surface area contributed by atoms with Crippen LogP contribution in [0.3, 0.4) is 0 Å². The number of hydrogen-bond donors (Lipinski definition) is 3. The van der Waals surface area contributed by atoms with Gasteiger partial charge in [-0.05, 0) is 75.2 Å². The number of rotatable bonds is 12. The van der Waals surface area contributed by atoms with Crippen LogP contribution in [0.1, 0.15) is 44.7 Å². The summed E-state index contributed by atoms with van der Waals surface area (Å²) in [6.45, 7) is 5.96. The molecule has 0 spiro atoms. The number of aromatic nitrogens is 1. The van der Waals surface area contributed by atoms with E-state index in [4.69, 9.17) is 26.4 Å². The summed E-state index contributed by atoms with van der Waals surface area (Å²) in [6.07, 6.45) is 4.60. The van der Waals surface area contributed by atoms with Crippen molar-refractivity contribution in [3.05, 3.63) is 65.9 Å². The molecule has 1 aromatic heterocycles. The van der Waals surface area contributed by atoms with E-state index in [1.807, 2.05) is 42.5 Å². The molecule has 11 heteroatoms. The predicted molar refractivity (Wildman–Crippen MR) is 161 cm³/mol. The molecule has 0 aliphatic rings. The van der Waals surface area contributed by atoms with Crippen LogP contribution in [-0.2, 0) is 38.1 Å². The minimum atomic E-state index is -0.984. The number of hydrogen-bond acceptors (Lipinski definition) is 7. The number of nitrogens with one attached hydrogen (secondary N) is 3. The molecule has 3 rings (SSSR count). The number of esters is 1. The number of aromatic amines is 1. The van der Waals surface area contributed by atoms with E-state index in [0.717, 1.165) is 34.9 Å². The highest BCUT2D eigenvalue weighted by molar-refractivity contribution is 7.84. The molecule has 0 aliphatic carbocycles. The quantitative estimate of drug-likeness (QED) is 0.158. The number of carbonyl (C=O) groups excluding carboxylic acids is 2. The molecule has 9 nitrogen and oxygen atoms in total. The highest BCUT2D eigenvalue weighted by atomic mass is 32.2. The normalized spacial score (nSPS) is 12.8. The zero-order chi connectivity index (χ0) is 29.1. The fraction of sp³-hybridized carbons (Fsp3) is 0.414. The zero-order valence-electron chi connectivity index (χ0n) is 23.3. The number of unbranched alkanes of at least 4 members (excludes halogenated alkanes) is 1. The summed E-state index contributed by atoms with van der Waals surface area (Å²) in [4.78, 5) is 28.9. The number of carbonyl (C=O) groups is 2. The van der Waals surface area contributed by atoms with E-state index in [1.165, 1.54) is 0 Å². The lowest BCUT2D eigenvalue weighted by molar-refractivity contribution is -0.147. The van der Waals surface area contributed by atoms with E-state index in [9.17, 15) is 13.8 Å². The van der Waals surface area contributed by atoms with Crippen molar-refractivity contribution >= 4 is 51.2 Å². The third kappa shape index (κ3) is 10.6. The molecule has 40 heavy (non-hydrogen) atoms. The summed E-state index contributed by atoms with van der Waals surface area (Å²) in [5, 5.41) is 6.78. The first-order chi connectivity index (χ1) is 19.0. The van der Waals surface area contributed by atoms with Gasteiger partial charge in [0.2, 0.25) is 0 Å². The van der Waals surface area contributed by atoms with Crippen molar-refractivity contribution in [2.45, 2.75) is 58.3 Å². The average Bonchev–Trinajstić information content (AvgIpc) is 3.28. The summed E-state index contributed by atoms with van der Waals surface area (Å²) >= 11 is 5.31. The number of H-pyrrole nitrogens is 1. The van der Waals surface area contributed by atoms with Crippen molar-refractivity contribution in [2.24, 2.45) is 0 Å². The van der Waals surface area contributed by atoms with E-state index in [2.05, 4.69) is 15.6 Å². The maximum Gasteiger partial charge on any atom is 0.408 e. The van der Waals surface area contributed by atoms with Crippen LogP contribution in [0, 0.1) is 0 Å². The first-order valence-electron chi connectivity index (χ1n) is 13.1. The van der Waals surface area contributed by atoms with Gasteiger partial charge in [0, 0.05) is 52.9 Å². The molecule has 2 unspecified atom stereocenters. The summed E-state index contributed by atoms with van der Waals surface area (Å²) in [7, 11) is -0.803. The zero-order valence-corrected chi connectivity index (χ0v) is 24.9. The monoisotopic (exact) mass is 587 g/mol. The van der Waals surface area contributed by atoms with Gasteiger partial charge in [-0.2, -0.15) is 0 Å². The summed E-state index contributed by atoms with van der Waals surface area (Å²) in [5.41, 5.74) is 1.73. The molecular weight excluding hydrogens is 550 g/mol. The maximum atomic E-state index is 13.1. The second kappa shape index (κ2) is 14.8. The lowest BCUT2D eigenvalue weighted by Gasteiger charge is -2.23. The van der Waals surface area contributed by atoms with Crippen molar-refractivity contribution in [1.82, 2.24) is 15.6 Å². The summed E-state index contributed by atoms with van der Waals surface area (Å²) in [5.74, 6) is 0.615. The van der Waals surface area contributed by atoms with Crippen LogP contribution >= 0.6 is 12.2 Å². The second-order valence-electron chi connectivity index (χ2n) is 10.3. The fourth-order valence-electron chi connectivity index (χ4n) is 3.85. The van der Waals surface area contributed by atoms with Crippen molar-refractivity contribution in [3.8, 4) is 5.75 Å². The molecule has 1 amide bonds. The largest absolute Gasteiger partial charge is 0.459 e. The molecule has 2 aromatic carbocycles. The van der Waals surface area contributed by atoms with Crippen molar-refractivity contribution in [2.75, 3.05) is 18.6 Å². The SMILES string of the molecule is CS(=O)CCCCNC(=S)Oc1ccc2[nH]cc(CC(NC(=O)OC(C)(C)C)C(=O)OCc3ccccc3)c2c1. The highest BCUT2D eigenvalue weighted by Gasteiger charge is 2.27. The number of amides is 1. The van der Waals surface area contributed by atoms with Gasteiger partial charge in [-0.3, -0.25) is 4.21 Å². The van der Waals surface area contributed by atoms with Crippen LogP contribution in [0.25, 0.3) is 10.9 Å². The van der Waals surface area contributed by atoms with Gasteiger partial charge in [0.05, 0.1) is 0 Å². The van der Waals surface area contributed by atoms with Crippen LogP contribution in [0.2, 0.25) is 0 Å². The van der Waals surface area contributed by atoms with E-state index >= 15 is 0 Å². The van der Waals surface area contributed by atoms with Crippen molar-refractivity contribution in [1.29, 1.82) is 0 Å². The van der Waals surface area contributed by atoms with Crippen LogP contribution in [0.5, 0.6) is 5.75 Å². The Hall–Kier alpha value is -3.44.